The molecule has 4 aliphatic rings. The molecule has 2 aromatic carbocycles. The fourth-order valence-corrected chi connectivity index (χ4v) is 10.2. The van der Waals surface area contributed by atoms with Crippen molar-refractivity contribution in [3.8, 4) is 5.75 Å². The molecule has 3 heterocycles. The third kappa shape index (κ3) is 6.92. The normalized spacial score (nSPS) is 30.5. The molecule has 2 amide bonds. The van der Waals surface area contributed by atoms with E-state index in [4.69, 9.17) is 25.5 Å². The largest absolute Gasteiger partial charge is 0.490 e. The number of ether oxygens (including phenoxy) is 2. The molecule has 2 aliphatic heterocycles. The zero-order chi connectivity index (χ0) is 34.3. The number of anilines is 1. The van der Waals surface area contributed by atoms with Gasteiger partial charge in [-0.2, -0.15) is 0 Å². The lowest BCUT2D eigenvalue weighted by Crippen LogP contribution is -2.49. The van der Waals surface area contributed by atoms with Gasteiger partial charge < -0.3 is 18.8 Å². The average molecular weight is 706 g/mol. The van der Waals surface area contributed by atoms with E-state index in [9.17, 15) is 13.8 Å². The maximum atomic E-state index is 14.4. The maximum Gasteiger partial charge on any atom is 0.299 e. The Kier molecular flexibility index (Phi) is 9.41. The number of amides is 2. The Bertz CT molecular complexity index is 1910. The summed E-state index contributed by atoms with van der Waals surface area (Å²) in [7, 11) is -1.78. The lowest BCUT2D eigenvalue weighted by molar-refractivity contribution is 0.0131. The topological polar surface area (TPSA) is 110 Å². The number of aryl methyl sites for hydroxylation is 2. The molecule has 1 fully saturated rings. The van der Waals surface area contributed by atoms with Crippen LogP contribution in [0, 0.1) is 24.7 Å². The average Bonchev–Trinajstić information content (AvgIpc) is 3.43. The SMILES string of the molecule is CO[C@H]1/C=C/C[C@H](C)CS(=O)(NC(=O)c2cc(C)co2)=NC(=O)c2ccc3c(c2)N(C[C@@H]2CC[C@H]21)C[C@@]1(CCCc2cc(Cl)ccc21)CO3. The molecule has 2 bridgehead atoms. The van der Waals surface area contributed by atoms with Crippen LogP contribution < -0.4 is 14.4 Å². The van der Waals surface area contributed by atoms with Gasteiger partial charge in [-0.25, -0.2) is 4.21 Å². The van der Waals surface area contributed by atoms with Crippen molar-refractivity contribution in [2.75, 3.05) is 37.5 Å². The van der Waals surface area contributed by atoms with Crippen LogP contribution in [0.5, 0.6) is 5.75 Å². The fourth-order valence-electron chi connectivity index (χ4n) is 8.11. The van der Waals surface area contributed by atoms with E-state index >= 15 is 0 Å². The van der Waals surface area contributed by atoms with Crippen LogP contribution in [-0.2, 0) is 26.5 Å². The molecule has 1 aromatic heterocycles. The molecule has 11 heteroatoms. The van der Waals surface area contributed by atoms with E-state index in [-0.39, 0.29) is 34.5 Å². The second-order valence-electron chi connectivity index (χ2n) is 14.4. The van der Waals surface area contributed by atoms with Crippen molar-refractivity contribution in [1.29, 1.82) is 0 Å². The van der Waals surface area contributed by atoms with Crippen molar-refractivity contribution in [2.24, 2.45) is 22.1 Å². The van der Waals surface area contributed by atoms with Crippen molar-refractivity contribution in [3.63, 3.8) is 0 Å². The Balaban J connectivity index is 1.31. The molecule has 1 unspecified atom stereocenters. The molecular formula is C38H44ClN3O6S. The number of nitrogens with zero attached hydrogens (tertiary/aromatic N) is 2. The van der Waals surface area contributed by atoms with Gasteiger partial charge in [-0.3, -0.25) is 14.3 Å². The van der Waals surface area contributed by atoms with Crippen LogP contribution in [0.25, 0.3) is 0 Å². The third-order valence-corrected chi connectivity index (χ3v) is 12.9. The number of benzene rings is 2. The Hall–Kier alpha value is -3.60. The monoisotopic (exact) mass is 705 g/mol. The van der Waals surface area contributed by atoms with Gasteiger partial charge in [0.15, 0.2) is 5.76 Å². The zero-order valence-corrected chi connectivity index (χ0v) is 29.9. The van der Waals surface area contributed by atoms with Crippen molar-refractivity contribution in [2.45, 2.75) is 63.9 Å². The highest BCUT2D eigenvalue weighted by Gasteiger charge is 2.44. The summed E-state index contributed by atoms with van der Waals surface area (Å²) in [4.78, 5) is 29.4. The number of furan rings is 1. The van der Waals surface area contributed by atoms with Gasteiger partial charge >= 0.3 is 0 Å². The summed E-state index contributed by atoms with van der Waals surface area (Å²) >= 11 is 6.45. The number of hydrogen-bond acceptors (Lipinski definition) is 7. The van der Waals surface area contributed by atoms with E-state index in [1.54, 1.807) is 26.2 Å². The number of carbonyl (C=O) groups excluding carboxylic acids is 2. The van der Waals surface area contributed by atoms with Crippen LogP contribution in [-0.4, -0.2) is 54.7 Å². The van der Waals surface area contributed by atoms with Gasteiger partial charge in [0.25, 0.3) is 11.8 Å². The van der Waals surface area contributed by atoms with Crippen molar-refractivity contribution in [3.05, 3.63) is 93.9 Å². The molecule has 3 aromatic rings. The summed E-state index contributed by atoms with van der Waals surface area (Å²) in [6.07, 6.45) is 11.3. The quantitative estimate of drug-likeness (QED) is 0.285. The summed E-state index contributed by atoms with van der Waals surface area (Å²) in [6.45, 7) is 5.73. The first-order valence-electron chi connectivity index (χ1n) is 17.2. The Morgan fingerprint density at radius 1 is 1.18 bits per heavy atom. The number of fused-ring (bicyclic) bond motifs is 4. The zero-order valence-electron chi connectivity index (χ0n) is 28.3. The van der Waals surface area contributed by atoms with E-state index in [1.165, 1.54) is 17.4 Å². The van der Waals surface area contributed by atoms with Crippen LogP contribution in [0.15, 0.2) is 69.7 Å². The lowest BCUT2D eigenvalue weighted by atomic mass is 9.68. The van der Waals surface area contributed by atoms with Crippen LogP contribution >= 0.6 is 11.6 Å². The molecule has 6 atom stereocenters. The summed E-state index contributed by atoms with van der Waals surface area (Å²) in [6, 6.07) is 13.1. The van der Waals surface area contributed by atoms with Crippen molar-refractivity contribution in [1.82, 2.24) is 4.72 Å². The van der Waals surface area contributed by atoms with Gasteiger partial charge in [-0.1, -0.05) is 36.7 Å². The van der Waals surface area contributed by atoms with Crippen LogP contribution in [0.3, 0.4) is 0 Å². The number of hydrogen-bond donors (Lipinski definition) is 1. The highest BCUT2D eigenvalue weighted by atomic mass is 35.5. The first-order valence-corrected chi connectivity index (χ1v) is 19.3. The second kappa shape index (κ2) is 13.6. The summed E-state index contributed by atoms with van der Waals surface area (Å²) in [5.74, 6) is -0.0554. The first kappa shape index (κ1) is 33.9. The molecule has 2 aliphatic carbocycles. The number of rotatable bonds is 3. The van der Waals surface area contributed by atoms with Gasteiger partial charge in [-0.15, -0.1) is 4.36 Å². The summed E-state index contributed by atoms with van der Waals surface area (Å²) in [5, 5.41) is 0.739. The van der Waals surface area contributed by atoms with Crippen molar-refractivity contribution >= 4 is 39.0 Å². The minimum absolute atomic E-state index is 0.00959. The lowest BCUT2D eigenvalue weighted by Gasteiger charge is -2.46. The minimum atomic E-state index is -3.54. The standard InChI is InChI=1S/C38H44ClN3O6S/c1-24-6-4-8-33(46-3)30-12-9-28(30)19-42-22-38(15-5-7-26-17-29(39)11-13-31(26)38)23-48-34-14-10-27(18-32(34)42)36(43)40-49(45,21-24)41-37(44)35-16-25(2)20-47-35/h4,8,10-11,13-14,16-18,20,24,28,30,33H,5-7,9,12,15,19,21-23H2,1-3H3,(H,40,41,43,44,45)/b8-4+/t24-,28-,30+,33-,38-,49?/m0/s1. The van der Waals surface area contributed by atoms with E-state index in [2.05, 4.69) is 38.3 Å². The molecule has 9 nitrogen and oxygen atoms in total. The van der Waals surface area contributed by atoms with Crippen molar-refractivity contribution < 1.29 is 27.7 Å². The van der Waals surface area contributed by atoms with E-state index in [1.807, 2.05) is 25.1 Å². The number of nitrogens with one attached hydrogen (secondary N) is 1. The molecule has 49 heavy (non-hydrogen) atoms. The van der Waals surface area contributed by atoms with Crippen LogP contribution in [0.2, 0.25) is 5.02 Å². The van der Waals surface area contributed by atoms with Gasteiger partial charge in [0.1, 0.15) is 15.7 Å². The van der Waals surface area contributed by atoms with Crippen LogP contribution in [0.1, 0.15) is 76.6 Å². The Labute approximate surface area is 293 Å². The smallest absolute Gasteiger partial charge is 0.299 e. The van der Waals surface area contributed by atoms with Crippen LogP contribution in [0.4, 0.5) is 5.69 Å². The second-order valence-corrected chi connectivity index (χ2v) is 16.8. The molecule has 7 rings (SSSR count). The Morgan fingerprint density at radius 3 is 2.80 bits per heavy atom. The predicted molar refractivity (Wildman–Crippen MR) is 191 cm³/mol. The molecule has 1 saturated carbocycles. The number of allylic oxidation sites excluding steroid dienone is 1. The number of carbonyl (C=O) groups is 2. The molecule has 260 valence electrons. The minimum Gasteiger partial charge on any atom is -0.490 e. The highest BCUT2D eigenvalue weighted by Crippen LogP contribution is 2.47. The molecule has 0 saturated heterocycles. The van der Waals surface area contributed by atoms with E-state index in [0.717, 1.165) is 54.9 Å². The van der Waals surface area contributed by atoms with E-state index < -0.39 is 21.7 Å². The summed E-state index contributed by atoms with van der Waals surface area (Å²) in [5.41, 5.74) is 4.13. The molecular weight excluding hydrogens is 662 g/mol. The predicted octanol–water partition coefficient (Wildman–Crippen LogP) is 7.30. The maximum absolute atomic E-state index is 14.4. The van der Waals surface area contributed by atoms with Gasteiger partial charge in [0.2, 0.25) is 0 Å². The first-order chi connectivity index (χ1) is 23.5. The fraction of sp³-hybridized carbons (Fsp3) is 0.474. The van der Waals surface area contributed by atoms with Gasteiger partial charge in [-0.05, 0) is 116 Å². The highest BCUT2D eigenvalue weighted by molar-refractivity contribution is 7.92. The van der Waals surface area contributed by atoms with E-state index in [0.29, 0.717) is 37.2 Å². The number of methoxy groups -OCH3 is 1. The molecule has 0 radical (unpaired) electrons. The summed E-state index contributed by atoms with van der Waals surface area (Å²) < 4.78 is 39.2. The molecule has 1 spiro atoms. The molecule has 1 N–H and O–H groups in total. The van der Waals surface area contributed by atoms with Gasteiger partial charge in [0.05, 0.1) is 30.4 Å². The Morgan fingerprint density at radius 2 is 2.04 bits per heavy atom. The van der Waals surface area contributed by atoms with Gasteiger partial charge in [0, 0.05) is 36.2 Å². The number of halogens is 1. The third-order valence-electron chi connectivity index (χ3n) is 10.7.